The fourth-order valence-corrected chi connectivity index (χ4v) is 1.89. The summed E-state index contributed by atoms with van der Waals surface area (Å²) in [4.78, 5) is 25.4. The Morgan fingerprint density at radius 1 is 1.00 bits per heavy atom. The lowest BCUT2D eigenvalue weighted by molar-refractivity contribution is 0.0828. The Morgan fingerprint density at radius 2 is 1.64 bits per heavy atom. The van der Waals surface area contributed by atoms with E-state index in [0.29, 0.717) is 11.3 Å². The quantitative estimate of drug-likeness (QED) is 0.943. The summed E-state index contributed by atoms with van der Waals surface area (Å²) in [6.45, 7) is 0.177. The van der Waals surface area contributed by atoms with Gasteiger partial charge >= 0.3 is 6.09 Å². The van der Waals surface area contributed by atoms with Gasteiger partial charge in [-0.3, -0.25) is 10.1 Å². The van der Waals surface area contributed by atoms with E-state index in [1.807, 2.05) is 30.3 Å². The van der Waals surface area contributed by atoms with Crippen LogP contribution in [0.25, 0.3) is 0 Å². The summed E-state index contributed by atoms with van der Waals surface area (Å²) in [6.07, 6.45) is -0.595. The zero-order valence-electron chi connectivity index (χ0n) is 12.6. The third-order valence-electron chi connectivity index (χ3n) is 3.01. The number of benzene rings is 2. The highest BCUT2D eigenvalue weighted by Gasteiger charge is 2.14. The summed E-state index contributed by atoms with van der Waals surface area (Å²) in [7, 11) is 3.32. The largest absolute Gasteiger partial charge is 0.444 e. The number of amides is 2. The monoisotopic (exact) mass is 298 g/mol. The van der Waals surface area contributed by atoms with E-state index < -0.39 is 6.09 Å². The van der Waals surface area contributed by atoms with E-state index in [2.05, 4.69) is 5.32 Å². The van der Waals surface area contributed by atoms with Crippen molar-refractivity contribution in [3.63, 3.8) is 0 Å². The highest BCUT2D eigenvalue weighted by atomic mass is 16.5. The molecule has 0 unspecified atom stereocenters. The van der Waals surface area contributed by atoms with Crippen LogP contribution in [-0.2, 0) is 11.3 Å². The lowest BCUT2D eigenvalue weighted by Gasteiger charge is -2.14. The molecule has 22 heavy (non-hydrogen) atoms. The number of hydrogen-bond donors (Lipinski definition) is 1. The summed E-state index contributed by atoms with van der Waals surface area (Å²) in [5.41, 5.74) is 1.75. The minimum Gasteiger partial charge on any atom is -0.444 e. The molecule has 114 valence electrons. The van der Waals surface area contributed by atoms with Crippen molar-refractivity contribution in [2.45, 2.75) is 6.61 Å². The average molecular weight is 298 g/mol. The molecular weight excluding hydrogens is 280 g/mol. The van der Waals surface area contributed by atoms with Crippen molar-refractivity contribution in [3.8, 4) is 0 Å². The van der Waals surface area contributed by atoms with E-state index in [1.54, 1.807) is 38.4 Å². The van der Waals surface area contributed by atoms with Gasteiger partial charge in [0.25, 0.3) is 5.91 Å². The van der Waals surface area contributed by atoms with Gasteiger partial charge in [0.1, 0.15) is 6.61 Å². The summed E-state index contributed by atoms with van der Waals surface area (Å²) < 4.78 is 5.15. The molecule has 0 aliphatic heterocycles. The Morgan fingerprint density at radius 3 is 2.32 bits per heavy atom. The molecular formula is C17H18N2O3. The second-order valence-corrected chi connectivity index (χ2v) is 4.93. The van der Waals surface area contributed by atoms with Gasteiger partial charge in [-0.05, 0) is 17.7 Å². The van der Waals surface area contributed by atoms with Crippen LogP contribution in [0.5, 0.6) is 0 Å². The molecule has 1 N–H and O–H groups in total. The Kier molecular flexibility index (Phi) is 5.14. The Bertz CT molecular complexity index is 654. The first kappa shape index (κ1) is 15.6. The van der Waals surface area contributed by atoms with Gasteiger partial charge < -0.3 is 9.64 Å². The number of nitrogens with zero attached hydrogens (tertiary/aromatic N) is 1. The number of hydrogen-bond acceptors (Lipinski definition) is 3. The maximum absolute atomic E-state index is 12.1. The number of ether oxygens (including phenoxy) is 1. The second kappa shape index (κ2) is 7.26. The van der Waals surface area contributed by atoms with Crippen molar-refractivity contribution in [1.82, 2.24) is 4.90 Å². The first-order valence-electron chi connectivity index (χ1n) is 6.86. The van der Waals surface area contributed by atoms with E-state index in [-0.39, 0.29) is 12.5 Å². The molecule has 0 aromatic heterocycles. The van der Waals surface area contributed by atoms with Crippen molar-refractivity contribution in [3.05, 3.63) is 65.7 Å². The van der Waals surface area contributed by atoms with Gasteiger partial charge in [-0.1, -0.05) is 42.5 Å². The highest BCUT2D eigenvalue weighted by Crippen LogP contribution is 2.17. The molecule has 0 bridgehead atoms. The van der Waals surface area contributed by atoms with E-state index in [9.17, 15) is 9.59 Å². The first-order chi connectivity index (χ1) is 10.6. The predicted octanol–water partition coefficient (Wildman–Crippen LogP) is 3.14. The Labute approximate surface area is 129 Å². The number of nitrogens with one attached hydrogen (secondary N) is 1. The normalized spacial score (nSPS) is 9.91. The number of carbonyl (C=O) groups excluding carboxylic acids is 2. The zero-order chi connectivity index (χ0) is 15.9. The molecule has 0 atom stereocenters. The molecule has 0 fully saturated rings. The predicted molar refractivity (Wildman–Crippen MR) is 84.7 cm³/mol. The summed E-state index contributed by atoms with van der Waals surface area (Å²) in [5.74, 6) is -0.182. The van der Waals surface area contributed by atoms with Crippen molar-refractivity contribution in [1.29, 1.82) is 0 Å². The molecule has 0 saturated heterocycles. The molecule has 5 heteroatoms. The fourth-order valence-electron chi connectivity index (χ4n) is 1.89. The van der Waals surface area contributed by atoms with Crippen LogP contribution in [0.15, 0.2) is 54.6 Å². The van der Waals surface area contributed by atoms with Crippen LogP contribution in [-0.4, -0.2) is 31.0 Å². The van der Waals surface area contributed by atoms with Gasteiger partial charge in [-0.15, -0.1) is 0 Å². The van der Waals surface area contributed by atoms with E-state index in [4.69, 9.17) is 4.74 Å². The first-order valence-corrected chi connectivity index (χ1v) is 6.86. The van der Waals surface area contributed by atoms with Crippen LogP contribution < -0.4 is 5.32 Å². The number of carbonyl (C=O) groups is 2. The smallest absolute Gasteiger partial charge is 0.411 e. The van der Waals surface area contributed by atoms with Crippen molar-refractivity contribution < 1.29 is 14.3 Å². The molecule has 0 saturated carbocycles. The van der Waals surface area contributed by atoms with Crippen molar-refractivity contribution in [2.75, 3.05) is 19.4 Å². The van der Waals surface area contributed by atoms with Crippen LogP contribution in [0.3, 0.4) is 0 Å². The topological polar surface area (TPSA) is 58.6 Å². The van der Waals surface area contributed by atoms with Crippen LogP contribution in [0.1, 0.15) is 15.9 Å². The molecule has 0 aliphatic carbocycles. The minimum atomic E-state index is -0.595. The van der Waals surface area contributed by atoms with Gasteiger partial charge in [-0.25, -0.2) is 4.79 Å². The summed E-state index contributed by atoms with van der Waals surface area (Å²) in [5, 5.41) is 2.61. The third kappa shape index (κ3) is 4.09. The van der Waals surface area contributed by atoms with Crippen LogP contribution in [0, 0.1) is 0 Å². The highest BCUT2D eigenvalue weighted by molar-refractivity contribution is 6.02. The third-order valence-corrected chi connectivity index (χ3v) is 3.01. The number of anilines is 1. The SMILES string of the molecule is CN(C)C(=O)c1ccccc1NC(=O)OCc1ccccc1. The van der Waals surface area contributed by atoms with Crippen LogP contribution in [0.4, 0.5) is 10.5 Å². The van der Waals surface area contributed by atoms with Crippen molar-refractivity contribution >= 4 is 17.7 Å². The summed E-state index contributed by atoms with van der Waals surface area (Å²) >= 11 is 0. The molecule has 5 nitrogen and oxygen atoms in total. The zero-order valence-corrected chi connectivity index (χ0v) is 12.6. The molecule has 2 rings (SSSR count). The molecule has 2 aromatic rings. The second-order valence-electron chi connectivity index (χ2n) is 4.93. The van der Waals surface area contributed by atoms with Gasteiger partial charge in [-0.2, -0.15) is 0 Å². The average Bonchev–Trinajstić information content (AvgIpc) is 2.53. The Hall–Kier alpha value is -2.82. The molecule has 2 aromatic carbocycles. The van der Waals surface area contributed by atoms with Crippen LogP contribution in [0.2, 0.25) is 0 Å². The number of rotatable bonds is 4. The Balaban J connectivity index is 2.01. The van der Waals surface area contributed by atoms with E-state index in [1.165, 1.54) is 4.90 Å². The van der Waals surface area contributed by atoms with E-state index in [0.717, 1.165) is 5.56 Å². The molecule has 0 aliphatic rings. The van der Waals surface area contributed by atoms with Gasteiger partial charge in [0, 0.05) is 14.1 Å². The standard InChI is InChI=1S/C17H18N2O3/c1-19(2)16(20)14-10-6-7-11-15(14)18-17(21)22-12-13-8-4-3-5-9-13/h3-11H,12H2,1-2H3,(H,18,21). The minimum absolute atomic E-state index is 0.177. The molecule has 2 amide bonds. The maximum atomic E-state index is 12.1. The van der Waals surface area contributed by atoms with Crippen LogP contribution >= 0.6 is 0 Å². The molecule has 0 spiro atoms. The van der Waals surface area contributed by atoms with Gasteiger partial charge in [0.2, 0.25) is 0 Å². The number of para-hydroxylation sites is 1. The molecule has 0 radical (unpaired) electrons. The lowest BCUT2D eigenvalue weighted by Crippen LogP contribution is -2.24. The maximum Gasteiger partial charge on any atom is 0.411 e. The molecule has 0 heterocycles. The van der Waals surface area contributed by atoms with Gasteiger partial charge in [0.15, 0.2) is 0 Å². The summed E-state index contributed by atoms with van der Waals surface area (Å²) in [6, 6.07) is 16.2. The van der Waals surface area contributed by atoms with E-state index >= 15 is 0 Å². The van der Waals surface area contributed by atoms with Gasteiger partial charge in [0.05, 0.1) is 11.3 Å². The van der Waals surface area contributed by atoms with Crippen molar-refractivity contribution in [2.24, 2.45) is 0 Å². The lowest BCUT2D eigenvalue weighted by atomic mass is 10.1. The fraction of sp³-hybridized carbons (Fsp3) is 0.176.